The molecule has 2 saturated carbocycles. The van der Waals surface area contributed by atoms with Gasteiger partial charge in [-0.2, -0.15) is 30.1 Å². The Morgan fingerprint density at radius 3 is 1.59 bits per heavy atom. The van der Waals surface area contributed by atoms with Gasteiger partial charge in [-0.3, -0.25) is 4.57 Å². The molecule has 10 N–H and O–H groups in total. The zero-order valence-corrected chi connectivity index (χ0v) is 42.7. The first-order valence-electron chi connectivity index (χ1n) is 23.3. The van der Waals surface area contributed by atoms with Gasteiger partial charge in [0.1, 0.15) is 55.4 Å². The lowest BCUT2D eigenvalue weighted by molar-refractivity contribution is -0.207. The second kappa shape index (κ2) is 21.4. The molecule has 30 heteroatoms. The number of anilines is 2. The van der Waals surface area contributed by atoms with E-state index in [4.69, 9.17) is 51.6 Å². The summed E-state index contributed by atoms with van der Waals surface area (Å²) in [5.41, 5.74) is 0.736. The molecule has 4 aromatic heterocycles. The molecule has 5 aliphatic rings. The Balaban J connectivity index is 0.000000191. The van der Waals surface area contributed by atoms with Crippen LogP contribution in [0.15, 0.2) is 12.4 Å². The van der Waals surface area contributed by atoms with Gasteiger partial charge in [0.15, 0.2) is 34.9 Å². The molecule has 2 aliphatic carbocycles. The number of aromatic nitrogens is 8. The predicted molar refractivity (Wildman–Crippen MR) is 253 cm³/mol. The van der Waals surface area contributed by atoms with Gasteiger partial charge in [0.2, 0.25) is 15.9 Å². The molecule has 4 aromatic rings. The summed E-state index contributed by atoms with van der Waals surface area (Å²) >= 11 is 12.4. The predicted octanol–water partition coefficient (Wildman–Crippen LogP) is 1.90. The third-order valence-corrected chi connectivity index (χ3v) is 17.9. The van der Waals surface area contributed by atoms with Gasteiger partial charge < -0.3 is 84.0 Å². The molecule has 396 valence electrons. The van der Waals surface area contributed by atoms with E-state index in [2.05, 4.69) is 40.8 Å². The molecule has 0 spiro atoms. The van der Waals surface area contributed by atoms with E-state index in [0.29, 0.717) is 34.1 Å². The lowest BCUT2D eigenvalue weighted by Gasteiger charge is -2.35. The first kappa shape index (κ1) is 54.4. The van der Waals surface area contributed by atoms with Crippen LogP contribution in [0.3, 0.4) is 0 Å². The first-order chi connectivity index (χ1) is 33.6. The molecular formula is C41H62Cl2N10O16P2. The van der Waals surface area contributed by atoms with Gasteiger partial charge in [-0.15, -0.1) is 0 Å². The number of nitrogens with one attached hydrogen (secondary N) is 2. The van der Waals surface area contributed by atoms with E-state index in [0.717, 1.165) is 38.5 Å². The van der Waals surface area contributed by atoms with Gasteiger partial charge >= 0.3 is 7.60 Å². The first-order valence-corrected chi connectivity index (χ1v) is 28.2. The van der Waals surface area contributed by atoms with E-state index in [1.54, 1.807) is 10.9 Å². The van der Waals surface area contributed by atoms with E-state index in [-0.39, 0.29) is 28.9 Å². The zero-order valence-electron chi connectivity index (χ0n) is 39.4. The lowest BCUT2D eigenvalue weighted by atomic mass is 10.1. The number of hydrogen-bond donors (Lipinski definition) is 10. The number of nitrogens with zero attached hydrogens (tertiary/aromatic N) is 8. The summed E-state index contributed by atoms with van der Waals surface area (Å²) in [6.45, 7) is 2.25. The molecule has 0 unspecified atom stereocenters. The van der Waals surface area contributed by atoms with Crippen molar-refractivity contribution < 1.29 is 78.0 Å². The maximum Gasteiger partial charge on any atom is 0.361 e. The van der Waals surface area contributed by atoms with Crippen molar-refractivity contribution in [3.63, 3.8) is 0 Å². The van der Waals surface area contributed by atoms with Crippen molar-refractivity contribution >= 4 is 71.6 Å². The maximum absolute atomic E-state index is 12.8. The number of fused-ring (bicyclic) bond motifs is 3. The van der Waals surface area contributed by atoms with Gasteiger partial charge in [0.05, 0.1) is 62.8 Å². The van der Waals surface area contributed by atoms with Crippen LogP contribution in [0.1, 0.15) is 77.7 Å². The van der Waals surface area contributed by atoms with Crippen molar-refractivity contribution in [3.05, 3.63) is 23.0 Å². The van der Waals surface area contributed by atoms with Gasteiger partial charge in [-0.05, 0) is 76.1 Å². The van der Waals surface area contributed by atoms with Gasteiger partial charge in [-0.25, -0.2) is 9.36 Å². The van der Waals surface area contributed by atoms with Crippen LogP contribution >= 0.6 is 37.9 Å². The average Bonchev–Trinajstić information content (AvgIpc) is 4.19. The maximum atomic E-state index is 12.8. The molecule has 0 amide bonds. The lowest BCUT2D eigenvalue weighted by Crippen LogP contribution is -2.44. The second-order valence-electron chi connectivity index (χ2n) is 19.3. The summed E-state index contributed by atoms with van der Waals surface area (Å²) in [5, 5.41) is 72.4. The summed E-state index contributed by atoms with van der Waals surface area (Å²) in [4.78, 5) is 36.2. The molecule has 0 aromatic carbocycles. The van der Waals surface area contributed by atoms with Gasteiger partial charge in [0, 0.05) is 12.1 Å². The van der Waals surface area contributed by atoms with Crippen LogP contribution in [0.4, 0.5) is 11.6 Å². The Labute approximate surface area is 417 Å². The van der Waals surface area contributed by atoms with E-state index in [1.165, 1.54) is 37.0 Å². The molecule has 0 bridgehead atoms. The summed E-state index contributed by atoms with van der Waals surface area (Å²) in [6, 6.07) is 0.562. The standard InChI is InChI=1S/C23H35ClN5O7P.C18H27ClN5O9P/c1-22(2)35-16-15(10-33-23(11-30,12-31)37(3,4)32)34-20(17(16)36-22)29-19-14(9-25-29)18(27-21(24)28-19)26-13-7-5-6-8-13;19-17-22-14(21-9-3-1-2-4-9)10-5-20-24(15(10)23-17)16-13(28)12(27)11(33-16)6-32-18(7-25,8-26)34(29,30)31/h9,13,15-17,20,30-31H,5-8,10-12H2,1-4H3,(H,26,27,28);5,9,11-13,16,25-28H,1-4,6-8H2,(H,21,22,23)(H2,29,30,31)/t15-,16-,17-,20-;11-,12-,13-,16-/m11/s1. The Morgan fingerprint density at radius 2 is 1.13 bits per heavy atom. The number of aliphatic hydroxyl groups is 6. The fraction of sp³-hybridized carbons (Fsp3) is 0.756. The molecule has 7 heterocycles. The Morgan fingerprint density at radius 1 is 0.690 bits per heavy atom. The van der Waals surface area contributed by atoms with Crippen molar-refractivity contribution in [3.8, 4) is 0 Å². The Hall–Kier alpha value is -2.82. The van der Waals surface area contributed by atoms with Crippen LogP contribution in [0.5, 0.6) is 0 Å². The van der Waals surface area contributed by atoms with E-state index in [9.17, 15) is 49.6 Å². The fourth-order valence-corrected chi connectivity index (χ4v) is 11.5. The summed E-state index contributed by atoms with van der Waals surface area (Å²) in [5.74, 6) is 0.221. The topological polar surface area (TPSA) is 363 Å². The van der Waals surface area contributed by atoms with Crippen molar-refractivity contribution in [1.29, 1.82) is 0 Å². The third-order valence-electron chi connectivity index (χ3n) is 13.7. The summed E-state index contributed by atoms with van der Waals surface area (Å²) < 4.78 is 62.8. The number of aliphatic hydroxyl groups excluding tert-OH is 6. The molecule has 3 saturated heterocycles. The largest absolute Gasteiger partial charge is 0.393 e. The van der Waals surface area contributed by atoms with E-state index < -0.39 is 113 Å². The summed E-state index contributed by atoms with van der Waals surface area (Å²) in [6.07, 6.45) is 3.81. The second-order valence-corrected chi connectivity index (χ2v) is 25.4. The minimum atomic E-state index is -5.10. The van der Waals surface area contributed by atoms with Crippen LogP contribution in [0, 0.1) is 0 Å². The molecule has 9 rings (SSSR count). The van der Waals surface area contributed by atoms with Crippen LogP contribution in [0.25, 0.3) is 22.1 Å². The van der Waals surface area contributed by atoms with Gasteiger partial charge in [-0.1, -0.05) is 25.7 Å². The zero-order chi connectivity index (χ0) is 51.3. The van der Waals surface area contributed by atoms with Crippen molar-refractivity contribution in [2.24, 2.45) is 0 Å². The van der Waals surface area contributed by atoms with Crippen molar-refractivity contribution in [2.45, 2.75) is 143 Å². The minimum absolute atomic E-state index is 0.0556. The molecule has 26 nitrogen and oxygen atoms in total. The minimum Gasteiger partial charge on any atom is -0.393 e. The highest BCUT2D eigenvalue weighted by Gasteiger charge is 2.58. The number of halogens is 2. The average molecular weight is 1080 g/mol. The fourth-order valence-electron chi connectivity index (χ4n) is 9.50. The molecule has 3 aliphatic heterocycles. The smallest absolute Gasteiger partial charge is 0.361 e. The van der Waals surface area contributed by atoms with Crippen molar-refractivity contribution in [1.82, 2.24) is 39.5 Å². The van der Waals surface area contributed by atoms with Crippen LogP contribution < -0.4 is 10.6 Å². The van der Waals surface area contributed by atoms with E-state index in [1.807, 2.05) is 13.8 Å². The molecule has 8 atom stereocenters. The molecule has 71 heavy (non-hydrogen) atoms. The van der Waals surface area contributed by atoms with Crippen LogP contribution in [0.2, 0.25) is 10.6 Å². The highest BCUT2D eigenvalue weighted by Crippen LogP contribution is 2.53. The Kier molecular flexibility index (Phi) is 16.4. The van der Waals surface area contributed by atoms with Crippen LogP contribution in [-0.4, -0.2) is 198 Å². The normalized spacial score (nSPS) is 27.5. The van der Waals surface area contributed by atoms with Crippen LogP contribution in [-0.2, 0) is 37.6 Å². The molecule has 5 fully saturated rings. The molecular weight excluding hydrogens is 1020 g/mol. The number of rotatable bonds is 18. The highest BCUT2D eigenvalue weighted by atomic mass is 35.5. The monoisotopic (exact) mass is 1080 g/mol. The summed E-state index contributed by atoms with van der Waals surface area (Å²) in [7, 11) is -8.14. The number of hydrogen-bond acceptors (Lipinski definition) is 22. The highest BCUT2D eigenvalue weighted by molar-refractivity contribution is 7.63. The number of ether oxygens (including phenoxy) is 6. The third kappa shape index (κ3) is 11.0. The quantitative estimate of drug-likeness (QED) is 0.0502. The van der Waals surface area contributed by atoms with E-state index >= 15 is 0 Å². The van der Waals surface area contributed by atoms with Crippen molar-refractivity contribution in [2.75, 3.05) is 63.6 Å². The SMILES string of the molecule is CC1(C)O[C@@H]2[C@H](O1)[C@@H](COC(CO)(CO)P(C)(C)=O)O[C@H]2n1ncc2c(NC3CCCC3)nc(Cl)nc21.O=P(O)(O)C(CO)(CO)OC[C@H]1O[C@@H](n2ncc3c(NC4CCCC4)nc(Cl)nc32)[C@H](O)[C@@H]1O. The molecule has 0 radical (unpaired) electrons. The Bertz CT molecular complexity index is 2590. The van der Waals surface area contributed by atoms with Gasteiger partial charge in [0.25, 0.3) is 0 Å².